The van der Waals surface area contributed by atoms with E-state index in [0.29, 0.717) is 12.4 Å². The molecule has 0 unspecified atom stereocenters. The summed E-state index contributed by atoms with van der Waals surface area (Å²) in [5.41, 5.74) is 3.66. The van der Waals surface area contributed by atoms with Crippen LogP contribution in [0.5, 0.6) is 11.5 Å². The number of phenolic OH excluding ortho intramolecular Hbond substituents is 1. The maximum Gasteiger partial charge on any atom is 0.161 e. The molecule has 0 aliphatic carbocycles. The van der Waals surface area contributed by atoms with Gasteiger partial charge in [0.15, 0.2) is 11.5 Å². The van der Waals surface area contributed by atoms with Gasteiger partial charge in [-0.3, -0.25) is 0 Å². The second-order valence-corrected chi connectivity index (χ2v) is 8.20. The average molecular weight is 506 g/mol. The first-order valence-electron chi connectivity index (χ1n) is 10.6. The Balaban J connectivity index is 1.69. The molecule has 2 N–H and O–H groups in total. The number of hydrogen-bond acceptors (Lipinski definition) is 5. The molecular weight excluding hydrogens is 482 g/mol. The van der Waals surface area contributed by atoms with Crippen molar-refractivity contribution in [3.63, 3.8) is 0 Å². The summed E-state index contributed by atoms with van der Waals surface area (Å²) in [6, 6.07) is 27.5. The van der Waals surface area contributed by atoms with Crippen molar-refractivity contribution in [1.29, 1.82) is 0 Å². The first-order chi connectivity index (χ1) is 16.2. The van der Waals surface area contributed by atoms with Gasteiger partial charge in [-0.15, -0.1) is 0 Å². The van der Waals surface area contributed by atoms with Gasteiger partial charge in [0.1, 0.15) is 6.61 Å². The number of ether oxygens (including phenoxy) is 2. The fourth-order valence-electron chi connectivity index (χ4n) is 3.46. The summed E-state index contributed by atoms with van der Waals surface area (Å²) in [5, 5.41) is 21.0. The number of halogens is 1. The Morgan fingerprint density at radius 2 is 1.42 bits per heavy atom. The fraction of sp³-hybridized carbons (Fsp3) is 0.148. The third-order valence-corrected chi connectivity index (χ3v) is 5.67. The van der Waals surface area contributed by atoms with Crippen LogP contribution in [0.2, 0.25) is 0 Å². The Morgan fingerprint density at radius 1 is 0.788 bits per heavy atom. The predicted octanol–water partition coefficient (Wildman–Crippen LogP) is 5.86. The van der Waals surface area contributed by atoms with Gasteiger partial charge < -0.3 is 19.7 Å². The summed E-state index contributed by atoms with van der Waals surface area (Å²) in [5.74, 6) is 0.431. The maximum atomic E-state index is 10.5. The van der Waals surface area contributed by atoms with Crippen LogP contribution in [-0.2, 0) is 4.74 Å². The number of benzene rings is 4. The van der Waals surface area contributed by atoms with Crippen molar-refractivity contribution in [1.82, 2.24) is 0 Å². The summed E-state index contributed by atoms with van der Waals surface area (Å²) >= 11 is 3.66. The topological polar surface area (TPSA) is 71.3 Å². The van der Waals surface area contributed by atoms with E-state index in [-0.39, 0.29) is 25.6 Å². The molecule has 6 heteroatoms. The highest BCUT2D eigenvalue weighted by Crippen LogP contribution is 2.37. The minimum atomic E-state index is -0.0314. The van der Waals surface area contributed by atoms with E-state index >= 15 is 0 Å². The number of aliphatic imine (C=N–C) groups is 1. The van der Waals surface area contributed by atoms with Gasteiger partial charge in [-0.2, -0.15) is 0 Å². The minimum Gasteiger partial charge on any atom is -0.504 e. The second kappa shape index (κ2) is 11.1. The predicted molar refractivity (Wildman–Crippen MR) is 135 cm³/mol. The number of nitrogens with zero attached hydrogens (tertiary/aromatic N) is 1. The lowest BCUT2D eigenvalue weighted by Gasteiger charge is -2.12. The molecule has 0 atom stereocenters. The van der Waals surface area contributed by atoms with Crippen LogP contribution in [-0.4, -0.2) is 42.4 Å². The van der Waals surface area contributed by atoms with E-state index < -0.39 is 0 Å². The quantitative estimate of drug-likeness (QED) is 0.220. The molecule has 5 nitrogen and oxygen atoms in total. The minimum absolute atomic E-state index is 0.0314. The lowest BCUT2D eigenvalue weighted by atomic mass is 10.0. The Labute approximate surface area is 201 Å². The molecule has 0 saturated heterocycles. The van der Waals surface area contributed by atoms with E-state index in [0.717, 1.165) is 37.8 Å². The Bertz CT molecular complexity index is 1200. The van der Waals surface area contributed by atoms with Crippen molar-refractivity contribution < 1.29 is 19.7 Å². The molecule has 0 bridgehead atoms. The Hall–Kier alpha value is -3.19. The standard InChI is InChI=1S/C27H24BrNO4/c28-23-15-21-18-26(33-14-13-32-12-11-30)25(31)17-22(21)16-24(23)29-27(19-7-3-1-4-8-19)20-9-5-2-6-10-20/h1-10,15-18,30-31H,11-14H2. The van der Waals surface area contributed by atoms with Crippen molar-refractivity contribution >= 4 is 38.1 Å². The molecule has 0 aliphatic rings. The lowest BCUT2D eigenvalue weighted by molar-refractivity contribution is 0.0699. The smallest absolute Gasteiger partial charge is 0.161 e. The zero-order valence-corrected chi connectivity index (χ0v) is 19.5. The first-order valence-corrected chi connectivity index (χ1v) is 11.4. The highest BCUT2D eigenvalue weighted by atomic mass is 79.9. The van der Waals surface area contributed by atoms with Gasteiger partial charge in [-0.05, 0) is 51.0 Å². The van der Waals surface area contributed by atoms with Gasteiger partial charge in [0, 0.05) is 15.6 Å². The normalized spacial score (nSPS) is 10.8. The molecular formula is C27H24BrNO4. The molecule has 0 aromatic heterocycles. The lowest BCUT2D eigenvalue weighted by Crippen LogP contribution is -2.09. The van der Waals surface area contributed by atoms with Crippen LogP contribution in [0, 0.1) is 0 Å². The molecule has 33 heavy (non-hydrogen) atoms. The third-order valence-electron chi connectivity index (χ3n) is 5.03. The summed E-state index contributed by atoms with van der Waals surface area (Å²) in [4.78, 5) is 5.00. The molecule has 0 saturated carbocycles. The van der Waals surface area contributed by atoms with Crippen LogP contribution < -0.4 is 4.74 Å². The summed E-state index contributed by atoms with van der Waals surface area (Å²) in [7, 11) is 0. The summed E-state index contributed by atoms with van der Waals surface area (Å²) in [6.07, 6.45) is 0. The van der Waals surface area contributed by atoms with E-state index in [1.54, 1.807) is 12.1 Å². The van der Waals surface area contributed by atoms with E-state index in [9.17, 15) is 5.11 Å². The van der Waals surface area contributed by atoms with Crippen LogP contribution in [0.15, 0.2) is 94.4 Å². The molecule has 0 fully saturated rings. The number of hydrogen-bond donors (Lipinski definition) is 2. The van der Waals surface area contributed by atoms with Crippen LogP contribution in [0.25, 0.3) is 10.8 Å². The maximum absolute atomic E-state index is 10.5. The molecule has 4 aromatic rings. The fourth-order valence-corrected chi connectivity index (χ4v) is 3.91. The van der Waals surface area contributed by atoms with Crippen molar-refractivity contribution in [2.45, 2.75) is 0 Å². The summed E-state index contributed by atoms with van der Waals surface area (Å²) < 4.78 is 11.7. The summed E-state index contributed by atoms with van der Waals surface area (Å²) in [6.45, 7) is 0.838. The largest absolute Gasteiger partial charge is 0.504 e. The third kappa shape index (κ3) is 5.79. The van der Waals surface area contributed by atoms with Crippen molar-refractivity contribution in [2.24, 2.45) is 4.99 Å². The first kappa shape index (κ1) is 23.0. The number of aromatic hydroxyl groups is 1. The van der Waals surface area contributed by atoms with E-state index in [4.69, 9.17) is 19.6 Å². The zero-order valence-electron chi connectivity index (χ0n) is 17.9. The van der Waals surface area contributed by atoms with Crippen molar-refractivity contribution in [2.75, 3.05) is 26.4 Å². The number of rotatable bonds is 9. The molecule has 0 amide bonds. The van der Waals surface area contributed by atoms with Gasteiger partial charge in [-0.1, -0.05) is 60.7 Å². The Kier molecular flexibility index (Phi) is 7.73. The van der Waals surface area contributed by atoms with Crippen molar-refractivity contribution in [3.05, 3.63) is 101 Å². The van der Waals surface area contributed by atoms with Crippen LogP contribution in [0.1, 0.15) is 11.1 Å². The van der Waals surface area contributed by atoms with Crippen LogP contribution >= 0.6 is 15.9 Å². The number of aliphatic hydroxyl groups excluding tert-OH is 1. The highest BCUT2D eigenvalue weighted by Gasteiger charge is 2.11. The zero-order chi connectivity index (χ0) is 23.0. The molecule has 0 spiro atoms. The van der Waals surface area contributed by atoms with E-state index in [1.807, 2.05) is 72.8 Å². The van der Waals surface area contributed by atoms with E-state index in [1.165, 1.54) is 0 Å². The van der Waals surface area contributed by atoms with Crippen molar-refractivity contribution in [3.8, 4) is 11.5 Å². The Morgan fingerprint density at radius 3 is 2.06 bits per heavy atom. The van der Waals surface area contributed by atoms with Gasteiger partial charge in [0.25, 0.3) is 0 Å². The van der Waals surface area contributed by atoms with Crippen LogP contribution in [0.4, 0.5) is 5.69 Å². The van der Waals surface area contributed by atoms with Gasteiger partial charge in [0.2, 0.25) is 0 Å². The molecule has 4 aromatic carbocycles. The monoisotopic (exact) mass is 505 g/mol. The van der Waals surface area contributed by atoms with Crippen LogP contribution in [0.3, 0.4) is 0 Å². The molecule has 4 rings (SSSR count). The van der Waals surface area contributed by atoms with Gasteiger partial charge in [0.05, 0.1) is 31.2 Å². The molecule has 0 aliphatic heterocycles. The SMILES string of the molecule is OCCOCCOc1cc2cc(Br)c(N=C(c3ccccc3)c3ccccc3)cc2cc1O. The molecule has 0 heterocycles. The number of phenols is 1. The molecule has 0 radical (unpaired) electrons. The second-order valence-electron chi connectivity index (χ2n) is 7.35. The number of fused-ring (bicyclic) bond motifs is 1. The van der Waals surface area contributed by atoms with E-state index in [2.05, 4.69) is 15.9 Å². The number of aliphatic hydroxyl groups is 1. The molecule has 168 valence electrons. The van der Waals surface area contributed by atoms with Gasteiger partial charge in [-0.25, -0.2) is 4.99 Å². The van der Waals surface area contributed by atoms with Gasteiger partial charge >= 0.3 is 0 Å². The highest BCUT2D eigenvalue weighted by molar-refractivity contribution is 9.10. The average Bonchev–Trinajstić information content (AvgIpc) is 2.84.